The first-order chi connectivity index (χ1) is 58.7. The van der Waals surface area contributed by atoms with E-state index in [-0.39, 0.29) is 89.8 Å². The van der Waals surface area contributed by atoms with Gasteiger partial charge in [-0.2, -0.15) is 149 Å². The second-order valence-corrected chi connectivity index (χ2v) is 36.2. The predicted molar refractivity (Wildman–Crippen MR) is 399 cm³/mol. The molecule has 4 atom stereocenters. The number of carbonyl (C=O) groups excluding carboxylic acids is 5. The van der Waals surface area contributed by atoms with E-state index in [0.29, 0.717) is 45.5 Å². The van der Waals surface area contributed by atoms with Crippen LogP contribution in [0.4, 0.5) is 165 Å². The molecule has 0 radical (unpaired) electrons. The molecular weight excluding hydrogens is 1830 g/mol. The topological polar surface area (TPSA) is 117 Å². The van der Waals surface area contributed by atoms with Crippen LogP contribution in [-0.2, 0) is 39.5 Å². The van der Waals surface area contributed by atoms with Crippen molar-refractivity contribution in [1.29, 1.82) is 0 Å². The molecule has 3 aliphatic carbocycles. The lowest BCUT2D eigenvalue weighted by molar-refractivity contribution is -0.461. The third-order valence-electron chi connectivity index (χ3n) is 24.7. The third kappa shape index (κ3) is 16.6. The van der Waals surface area contributed by atoms with Gasteiger partial charge in [-0.1, -0.05) is 142 Å². The van der Waals surface area contributed by atoms with Crippen molar-refractivity contribution >= 4 is 62.7 Å². The Bertz CT molecular complexity index is 4930. The number of amides is 4. The van der Waals surface area contributed by atoms with Crippen LogP contribution in [0.1, 0.15) is 157 Å². The van der Waals surface area contributed by atoms with Crippen molar-refractivity contribution in [2.45, 2.75) is 264 Å². The van der Waals surface area contributed by atoms with Crippen molar-refractivity contribution in [2.24, 2.45) is 22.7 Å². The zero-order chi connectivity index (χ0) is 98.6. The van der Waals surface area contributed by atoms with Crippen LogP contribution < -0.4 is 9.80 Å². The average molecular weight is 1920 g/mol. The van der Waals surface area contributed by atoms with Gasteiger partial charge >= 0.3 is 113 Å². The van der Waals surface area contributed by atoms with Crippen molar-refractivity contribution in [3.63, 3.8) is 0 Å². The Hall–Kier alpha value is -9.13. The Labute approximate surface area is 718 Å². The smallest absolute Gasteiger partial charge is 0.460 e. The normalized spacial score (nSPS) is 22.9. The predicted octanol–water partition coefficient (Wildman–Crippen LogP) is 25.5. The van der Waals surface area contributed by atoms with Gasteiger partial charge in [0.05, 0.1) is 25.9 Å². The number of nitrogens with zero attached hydrogens (tertiary/aromatic N) is 4. The van der Waals surface area contributed by atoms with Gasteiger partial charge in [-0.25, -0.2) is 4.79 Å². The highest BCUT2D eigenvalue weighted by Gasteiger charge is 2.97. The van der Waals surface area contributed by atoms with Crippen LogP contribution in [0.15, 0.2) is 131 Å². The molecule has 6 aliphatic rings. The lowest BCUT2D eigenvalue weighted by atomic mass is 9.69. The summed E-state index contributed by atoms with van der Waals surface area (Å²) in [7, 11) is 0. The molecule has 0 spiro atoms. The Kier molecular flexibility index (Phi) is 26.3. The SMILES string of the molecule is CC1CC(N2C(=O)C(=C3C(=CC=C4N(CCOC(=O)CCC(F)(F)C(F)(F)C(F)(F)C(F)(F)C(F)(F)C(F)(F)C(F)(F)C(F)(F)F)c5ccc6ccccc6c5C4(C)C)CCC3=CC=C3N(CCOC(=O)CCC(F)(F)C(F)(F)C(F)(F)C(F)(F)C(F)(F)C(F)(F)C(F)(F)C(F)(F)F)c4ccc5ccccc5c4C3(C)C)C(=O)N(C3CC(C)CC(C)(C)C3)C2=O)CC(C)(C)C1. The number of barbiturate groups is 1. The Balaban J connectivity index is 1.05. The number of hydrogen-bond acceptors (Lipinski definition) is 9. The van der Waals surface area contributed by atoms with Gasteiger partial charge in [0, 0.05) is 58.5 Å². The van der Waals surface area contributed by atoms with Gasteiger partial charge in [-0.05, 0) is 148 Å². The summed E-state index contributed by atoms with van der Waals surface area (Å²) in [6.45, 7) is 14.6. The summed E-state index contributed by atoms with van der Waals surface area (Å²) in [4.78, 5) is 79.5. The standard InChI is InChI=1S/C85H82F34N4O7/c1-43-37-49(41-66(3,4)39-43)122-63(126)60(64(127)123(65(122)128)50-38-44(2)40-67(5,6)42-50)59-47(23-27-55-68(7,8)61-51-17-13-11-15-45(51)21-25-53(61)120(55)33-35-129-57(124)29-31-70(86,87)72(90,91)74(94,95)76(98,99)78(102,103)80(106,107)82(110,111)84(114,115)116)19-20-48(59)24-28-56-69(9,10)62-52-18-14-12-16-46(52)22-26-54(62)121(56)34-36-130-58(125)30-32-71(88,89)73(92,93)75(96,97)77(100,101)79(104,105)81(108,109)83(112,113)85(117,118)119/h11-18,21-28,43-44,49-50H,19-20,29-42H2,1-10H3. The molecular formula is C85H82F34N4O7. The number of benzene rings is 4. The first kappa shape index (κ1) is 103. The van der Waals surface area contributed by atoms with Crippen LogP contribution in [-0.4, -0.2) is 173 Å². The fourth-order valence-electron chi connectivity index (χ4n) is 18.6. The van der Waals surface area contributed by atoms with Crippen LogP contribution in [0.2, 0.25) is 0 Å². The number of halogens is 34. The molecule has 0 aromatic heterocycles. The summed E-state index contributed by atoms with van der Waals surface area (Å²) in [6.07, 6.45) is -19.1. The van der Waals surface area contributed by atoms with E-state index in [0.717, 1.165) is 9.80 Å². The summed E-state index contributed by atoms with van der Waals surface area (Å²) in [5, 5.41) is 2.22. The molecule has 45 heteroatoms. The zero-order valence-electron chi connectivity index (χ0n) is 69.9. The molecule has 3 saturated carbocycles. The minimum Gasteiger partial charge on any atom is -0.464 e. The zero-order valence-corrected chi connectivity index (χ0v) is 69.9. The van der Waals surface area contributed by atoms with Gasteiger partial charge in [-0.3, -0.25) is 29.0 Å². The lowest BCUT2D eigenvalue weighted by Crippen LogP contribution is -2.74. The van der Waals surface area contributed by atoms with E-state index in [1.165, 1.54) is 46.2 Å². The molecule has 722 valence electrons. The van der Waals surface area contributed by atoms with Crippen LogP contribution in [0.25, 0.3) is 21.5 Å². The minimum absolute atomic E-state index is 0.104. The van der Waals surface area contributed by atoms with Crippen molar-refractivity contribution in [3.8, 4) is 0 Å². The quantitative estimate of drug-likeness (QED) is 0.0237. The van der Waals surface area contributed by atoms with Crippen molar-refractivity contribution < 1.29 is 183 Å². The van der Waals surface area contributed by atoms with E-state index in [1.807, 2.05) is 41.5 Å². The first-order valence-electron chi connectivity index (χ1n) is 39.9. The fourth-order valence-corrected chi connectivity index (χ4v) is 18.6. The maximum absolute atomic E-state index is 16.2. The summed E-state index contributed by atoms with van der Waals surface area (Å²) >= 11 is 0. The van der Waals surface area contributed by atoms with Crippen molar-refractivity contribution in [1.82, 2.24) is 9.80 Å². The molecule has 4 aromatic rings. The van der Waals surface area contributed by atoms with Gasteiger partial charge in [-0.15, -0.1) is 0 Å². The van der Waals surface area contributed by atoms with Gasteiger partial charge in [0.2, 0.25) is 0 Å². The average Bonchev–Trinajstić information content (AvgIpc) is 1.24. The molecule has 4 amide bonds. The Morgan fingerprint density at radius 2 is 0.669 bits per heavy atom. The second kappa shape index (κ2) is 33.2. The van der Waals surface area contributed by atoms with Gasteiger partial charge in [0.15, 0.2) is 0 Å². The van der Waals surface area contributed by atoms with Gasteiger partial charge in [0.1, 0.15) is 18.8 Å². The highest BCUT2D eigenvalue weighted by atomic mass is 19.4. The fraction of sp³-hybridized carbons (Fsp3) is 0.588. The van der Waals surface area contributed by atoms with E-state index in [9.17, 15) is 124 Å². The van der Waals surface area contributed by atoms with Gasteiger partial charge < -0.3 is 19.3 Å². The van der Waals surface area contributed by atoms with Crippen molar-refractivity contribution in [3.05, 3.63) is 142 Å². The van der Waals surface area contributed by atoms with Gasteiger partial charge in [0.25, 0.3) is 11.8 Å². The second-order valence-electron chi connectivity index (χ2n) is 36.2. The summed E-state index contributed by atoms with van der Waals surface area (Å²) < 4.78 is 492. The number of imide groups is 2. The monoisotopic (exact) mass is 1920 g/mol. The van der Waals surface area contributed by atoms with E-state index in [2.05, 4.69) is 0 Å². The van der Waals surface area contributed by atoms with E-state index in [4.69, 9.17) is 9.47 Å². The number of rotatable bonds is 28. The van der Waals surface area contributed by atoms with E-state index >= 15 is 49.5 Å². The maximum Gasteiger partial charge on any atom is 0.460 e. The Morgan fingerprint density at radius 1 is 0.377 bits per heavy atom. The van der Waals surface area contributed by atoms with Crippen LogP contribution >= 0.6 is 0 Å². The molecule has 11 nitrogen and oxygen atoms in total. The number of hydrogen-bond donors (Lipinski definition) is 0. The molecule has 4 fully saturated rings. The minimum atomic E-state index is -8.91. The highest BCUT2D eigenvalue weighted by Crippen LogP contribution is 2.68. The molecule has 0 bridgehead atoms. The molecule has 3 heterocycles. The Morgan fingerprint density at radius 3 is 0.969 bits per heavy atom. The van der Waals surface area contributed by atoms with Crippen LogP contribution in [0, 0.1) is 22.7 Å². The molecule has 10 rings (SSSR count). The number of urea groups is 1. The summed E-state index contributed by atoms with van der Waals surface area (Å²) in [6, 6.07) is 16.8. The van der Waals surface area contributed by atoms with Crippen LogP contribution in [0.5, 0.6) is 0 Å². The molecule has 3 aliphatic heterocycles. The maximum atomic E-state index is 16.2. The number of anilines is 2. The molecule has 4 unspecified atom stereocenters. The largest absolute Gasteiger partial charge is 0.464 e. The summed E-state index contributed by atoms with van der Waals surface area (Å²) in [5.41, 5.74) is -2.25. The number of fused-ring (bicyclic) bond motifs is 6. The van der Waals surface area contributed by atoms with E-state index in [1.54, 1.807) is 88.4 Å². The molecule has 4 aromatic carbocycles. The van der Waals surface area contributed by atoms with E-state index < -0.39 is 216 Å². The number of alkyl halides is 34. The summed E-state index contributed by atoms with van der Waals surface area (Å²) in [5.74, 6) is -124. The van der Waals surface area contributed by atoms with Crippen molar-refractivity contribution in [2.75, 3.05) is 36.1 Å². The molecule has 130 heavy (non-hydrogen) atoms. The highest BCUT2D eigenvalue weighted by molar-refractivity contribution is 6.30. The lowest BCUT2D eigenvalue weighted by Gasteiger charge is -2.49. The molecule has 0 N–H and O–H groups in total. The first-order valence-corrected chi connectivity index (χ1v) is 39.9. The number of allylic oxidation sites excluding steroid dienone is 9. The third-order valence-corrected chi connectivity index (χ3v) is 24.7. The number of carbonyl (C=O) groups is 5. The molecule has 1 saturated heterocycles. The van der Waals surface area contributed by atoms with Crippen LogP contribution in [0.3, 0.4) is 0 Å². The number of esters is 2. The number of ether oxygens (including phenoxy) is 2.